The third-order valence-corrected chi connectivity index (χ3v) is 4.86. The Balaban J connectivity index is 2.14. The Bertz CT molecular complexity index is 363. The Kier molecular flexibility index (Phi) is 5.37. The standard InChI is InChI=1S/C15H27N3S/c1-4-9-18-10-5-6-15(7-11-18,17-13(2)3)14-16-8-12-19-14/h8,12-13,17H,4-7,9-11H2,1-3H3. The quantitative estimate of drug-likeness (QED) is 0.898. The van der Waals surface area contributed by atoms with Gasteiger partial charge in [-0.25, -0.2) is 4.98 Å². The molecule has 1 N–H and O–H groups in total. The van der Waals surface area contributed by atoms with E-state index in [0.29, 0.717) is 6.04 Å². The summed E-state index contributed by atoms with van der Waals surface area (Å²) in [6.45, 7) is 10.4. The van der Waals surface area contributed by atoms with E-state index < -0.39 is 0 Å². The number of hydrogen-bond acceptors (Lipinski definition) is 4. The molecule has 1 unspecified atom stereocenters. The Hall–Kier alpha value is -0.450. The minimum absolute atomic E-state index is 0.102. The van der Waals surface area contributed by atoms with Gasteiger partial charge in [0.1, 0.15) is 5.01 Å². The van der Waals surface area contributed by atoms with Crippen molar-refractivity contribution in [3.8, 4) is 0 Å². The molecule has 4 heteroatoms. The van der Waals surface area contributed by atoms with Crippen LogP contribution < -0.4 is 5.32 Å². The van der Waals surface area contributed by atoms with Crippen LogP contribution in [-0.2, 0) is 5.54 Å². The van der Waals surface area contributed by atoms with Crippen molar-refractivity contribution in [3.05, 3.63) is 16.6 Å². The minimum Gasteiger partial charge on any atom is -0.303 e. The van der Waals surface area contributed by atoms with Gasteiger partial charge in [-0.05, 0) is 52.6 Å². The third-order valence-electron chi connectivity index (χ3n) is 3.88. The minimum atomic E-state index is 0.102. The molecule has 0 bridgehead atoms. The van der Waals surface area contributed by atoms with Crippen molar-refractivity contribution in [3.63, 3.8) is 0 Å². The molecular weight excluding hydrogens is 254 g/mol. The number of aromatic nitrogens is 1. The number of nitrogens with one attached hydrogen (secondary N) is 1. The second-order valence-electron chi connectivity index (χ2n) is 5.91. The predicted octanol–water partition coefficient (Wildman–Crippen LogP) is 3.23. The summed E-state index contributed by atoms with van der Waals surface area (Å²) in [4.78, 5) is 7.22. The number of rotatable bonds is 5. The molecule has 2 rings (SSSR count). The summed E-state index contributed by atoms with van der Waals surface area (Å²) in [5.74, 6) is 0. The molecule has 0 aliphatic carbocycles. The summed E-state index contributed by atoms with van der Waals surface area (Å²) in [7, 11) is 0. The number of likely N-dealkylation sites (tertiary alicyclic amines) is 1. The third kappa shape index (κ3) is 3.77. The zero-order valence-electron chi connectivity index (χ0n) is 12.5. The maximum absolute atomic E-state index is 4.62. The maximum Gasteiger partial charge on any atom is 0.113 e. The lowest BCUT2D eigenvalue weighted by Crippen LogP contribution is -2.46. The molecule has 1 aliphatic heterocycles. The molecule has 3 nitrogen and oxygen atoms in total. The molecular formula is C15H27N3S. The van der Waals surface area contributed by atoms with Gasteiger partial charge >= 0.3 is 0 Å². The van der Waals surface area contributed by atoms with Crippen LogP contribution in [0.3, 0.4) is 0 Å². The summed E-state index contributed by atoms with van der Waals surface area (Å²) in [6.07, 6.45) is 6.84. The van der Waals surface area contributed by atoms with E-state index in [4.69, 9.17) is 0 Å². The smallest absolute Gasteiger partial charge is 0.113 e. The largest absolute Gasteiger partial charge is 0.303 e. The lowest BCUT2D eigenvalue weighted by atomic mass is 9.90. The van der Waals surface area contributed by atoms with Gasteiger partial charge < -0.3 is 10.2 Å². The van der Waals surface area contributed by atoms with E-state index in [1.807, 2.05) is 6.20 Å². The Morgan fingerprint density at radius 2 is 2.26 bits per heavy atom. The van der Waals surface area contributed by atoms with Gasteiger partial charge in [0.2, 0.25) is 0 Å². The van der Waals surface area contributed by atoms with E-state index in [2.05, 4.69) is 41.4 Å². The van der Waals surface area contributed by atoms with Gasteiger partial charge in [0.05, 0.1) is 5.54 Å². The Morgan fingerprint density at radius 3 is 2.89 bits per heavy atom. The fourth-order valence-electron chi connectivity index (χ4n) is 3.16. The van der Waals surface area contributed by atoms with Crippen LogP contribution in [0.1, 0.15) is 51.5 Å². The highest BCUT2D eigenvalue weighted by Crippen LogP contribution is 2.34. The van der Waals surface area contributed by atoms with E-state index in [9.17, 15) is 0 Å². The summed E-state index contributed by atoms with van der Waals surface area (Å²) in [6, 6.07) is 0.502. The van der Waals surface area contributed by atoms with Crippen LogP contribution in [0, 0.1) is 0 Å². The van der Waals surface area contributed by atoms with Crippen LogP contribution in [0.25, 0.3) is 0 Å². The first kappa shape index (κ1) is 14.9. The van der Waals surface area contributed by atoms with Crippen LogP contribution in [0.4, 0.5) is 0 Å². The van der Waals surface area contributed by atoms with Gasteiger partial charge in [-0.1, -0.05) is 6.92 Å². The zero-order valence-corrected chi connectivity index (χ0v) is 13.3. The topological polar surface area (TPSA) is 28.2 Å². The van der Waals surface area contributed by atoms with Gasteiger partial charge in [0.15, 0.2) is 0 Å². The van der Waals surface area contributed by atoms with Crippen molar-refractivity contribution in [1.29, 1.82) is 0 Å². The predicted molar refractivity (Wildman–Crippen MR) is 82.6 cm³/mol. The number of thiazole rings is 1. The first-order chi connectivity index (χ1) is 9.16. The van der Waals surface area contributed by atoms with E-state index in [0.717, 1.165) is 0 Å². The normalized spacial score (nSPS) is 25.7. The fraction of sp³-hybridized carbons (Fsp3) is 0.800. The van der Waals surface area contributed by atoms with Crippen molar-refractivity contribution in [2.24, 2.45) is 0 Å². The number of nitrogens with zero attached hydrogens (tertiary/aromatic N) is 2. The molecule has 0 saturated carbocycles. The average molecular weight is 281 g/mol. The molecule has 108 valence electrons. The molecule has 0 spiro atoms. The molecule has 1 aromatic rings. The summed E-state index contributed by atoms with van der Waals surface area (Å²) < 4.78 is 0. The monoisotopic (exact) mass is 281 g/mol. The zero-order chi connectivity index (χ0) is 13.7. The van der Waals surface area contributed by atoms with Crippen LogP contribution in [0.2, 0.25) is 0 Å². The molecule has 19 heavy (non-hydrogen) atoms. The van der Waals surface area contributed by atoms with Crippen LogP contribution in [0.15, 0.2) is 11.6 Å². The second kappa shape index (κ2) is 6.82. The molecule has 2 heterocycles. The van der Waals surface area contributed by atoms with E-state index in [1.165, 1.54) is 50.3 Å². The van der Waals surface area contributed by atoms with E-state index in [1.54, 1.807) is 11.3 Å². The van der Waals surface area contributed by atoms with Gasteiger partial charge in [0, 0.05) is 24.2 Å². The van der Waals surface area contributed by atoms with Gasteiger partial charge in [-0.3, -0.25) is 0 Å². The Morgan fingerprint density at radius 1 is 1.42 bits per heavy atom. The SMILES string of the molecule is CCCN1CCCC(NC(C)C)(c2nccs2)CC1. The van der Waals surface area contributed by atoms with Gasteiger partial charge in [-0.2, -0.15) is 0 Å². The van der Waals surface area contributed by atoms with Crippen molar-refractivity contribution in [2.45, 2.75) is 58.0 Å². The molecule has 1 saturated heterocycles. The lowest BCUT2D eigenvalue weighted by molar-refractivity contribution is 0.245. The van der Waals surface area contributed by atoms with Crippen molar-refractivity contribution in [1.82, 2.24) is 15.2 Å². The van der Waals surface area contributed by atoms with Crippen molar-refractivity contribution >= 4 is 11.3 Å². The molecule has 1 aromatic heterocycles. The Labute approximate surface area is 121 Å². The molecule has 1 fully saturated rings. The summed E-state index contributed by atoms with van der Waals surface area (Å²) in [5, 5.41) is 7.20. The lowest BCUT2D eigenvalue weighted by Gasteiger charge is -2.34. The highest BCUT2D eigenvalue weighted by atomic mass is 32.1. The highest BCUT2D eigenvalue weighted by molar-refractivity contribution is 7.09. The maximum atomic E-state index is 4.62. The second-order valence-corrected chi connectivity index (χ2v) is 6.81. The summed E-state index contributed by atoms with van der Waals surface area (Å²) in [5.41, 5.74) is 0.102. The molecule has 0 aromatic carbocycles. The van der Waals surface area contributed by atoms with E-state index >= 15 is 0 Å². The fourth-order valence-corrected chi connectivity index (χ4v) is 4.02. The molecule has 0 amide bonds. The molecule has 1 atom stereocenters. The van der Waals surface area contributed by atoms with E-state index in [-0.39, 0.29) is 5.54 Å². The first-order valence-electron chi connectivity index (χ1n) is 7.56. The average Bonchev–Trinajstić information content (AvgIpc) is 2.82. The van der Waals surface area contributed by atoms with Crippen molar-refractivity contribution < 1.29 is 0 Å². The number of hydrogen-bond donors (Lipinski definition) is 1. The van der Waals surface area contributed by atoms with Gasteiger partial charge in [-0.15, -0.1) is 11.3 Å². The van der Waals surface area contributed by atoms with Crippen molar-refractivity contribution in [2.75, 3.05) is 19.6 Å². The summed E-state index contributed by atoms with van der Waals surface area (Å²) >= 11 is 1.80. The van der Waals surface area contributed by atoms with Crippen LogP contribution in [-0.4, -0.2) is 35.6 Å². The first-order valence-corrected chi connectivity index (χ1v) is 8.44. The molecule has 0 radical (unpaired) electrons. The van der Waals surface area contributed by atoms with Crippen LogP contribution >= 0.6 is 11.3 Å². The molecule has 1 aliphatic rings. The highest BCUT2D eigenvalue weighted by Gasteiger charge is 2.36. The van der Waals surface area contributed by atoms with Crippen LogP contribution in [0.5, 0.6) is 0 Å². The van der Waals surface area contributed by atoms with Gasteiger partial charge in [0.25, 0.3) is 0 Å².